The SMILES string of the molecule is Cc1ccc(NC(=O)c2ccccc2CCN)c(F)c1. The normalized spacial score (nSPS) is 10.3. The van der Waals surface area contributed by atoms with E-state index >= 15 is 0 Å². The number of amides is 1. The Hall–Kier alpha value is -2.20. The molecule has 0 heterocycles. The number of carbonyl (C=O) groups excluding carboxylic acids is 1. The van der Waals surface area contributed by atoms with E-state index in [4.69, 9.17) is 5.73 Å². The van der Waals surface area contributed by atoms with E-state index in [1.165, 1.54) is 6.07 Å². The second kappa shape index (κ2) is 6.30. The van der Waals surface area contributed by atoms with Gasteiger partial charge in [0.1, 0.15) is 5.82 Å². The van der Waals surface area contributed by atoms with E-state index in [2.05, 4.69) is 5.32 Å². The van der Waals surface area contributed by atoms with E-state index in [-0.39, 0.29) is 11.6 Å². The summed E-state index contributed by atoms with van der Waals surface area (Å²) in [5.41, 5.74) is 7.91. The van der Waals surface area contributed by atoms with Crippen LogP contribution in [0.1, 0.15) is 21.5 Å². The highest BCUT2D eigenvalue weighted by Crippen LogP contribution is 2.17. The largest absolute Gasteiger partial charge is 0.330 e. The molecule has 4 heteroatoms. The number of benzene rings is 2. The zero-order chi connectivity index (χ0) is 14.5. The smallest absolute Gasteiger partial charge is 0.256 e. The van der Waals surface area contributed by atoms with Crippen molar-refractivity contribution < 1.29 is 9.18 Å². The maximum atomic E-state index is 13.7. The van der Waals surface area contributed by atoms with Crippen molar-refractivity contribution in [2.45, 2.75) is 13.3 Å². The zero-order valence-corrected chi connectivity index (χ0v) is 11.3. The number of carbonyl (C=O) groups is 1. The van der Waals surface area contributed by atoms with Gasteiger partial charge in [0.15, 0.2) is 0 Å². The zero-order valence-electron chi connectivity index (χ0n) is 11.3. The first-order valence-electron chi connectivity index (χ1n) is 6.47. The molecule has 0 fully saturated rings. The lowest BCUT2D eigenvalue weighted by atomic mass is 10.0. The van der Waals surface area contributed by atoms with Gasteiger partial charge >= 0.3 is 0 Å². The first-order chi connectivity index (χ1) is 9.61. The lowest BCUT2D eigenvalue weighted by molar-refractivity contribution is 0.102. The molecule has 1 amide bonds. The van der Waals surface area contributed by atoms with Crippen LogP contribution in [0.15, 0.2) is 42.5 Å². The van der Waals surface area contributed by atoms with Gasteiger partial charge in [-0.1, -0.05) is 24.3 Å². The molecular formula is C16H17FN2O. The average molecular weight is 272 g/mol. The second-order valence-electron chi connectivity index (χ2n) is 4.63. The highest BCUT2D eigenvalue weighted by atomic mass is 19.1. The quantitative estimate of drug-likeness (QED) is 0.899. The van der Waals surface area contributed by atoms with Crippen molar-refractivity contribution in [3.05, 3.63) is 65.0 Å². The van der Waals surface area contributed by atoms with Crippen LogP contribution < -0.4 is 11.1 Å². The standard InChI is InChI=1S/C16H17FN2O/c1-11-6-7-15(14(17)10-11)19-16(20)13-5-3-2-4-12(13)8-9-18/h2-7,10H,8-9,18H2,1H3,(H,19,20). The fourth-order valence-corrected chi connectivity index (χ4v) is 2.03. The number of hydrogen-bond acceptors (Lipinski definition) is 2. The molecule has 3 N–H and O–H groups in total. The Morgan fingerprint density at radius 2 is 2.00 bits per heavy atom. The third kappa shape index (κ3) is 3.22. The van der Waals surface area contributed by atoms with Gasteiger partial charge in [0.25, 0.3) is 5.91 Å². The number of hydrogen-bond donors (Lipinski definition) is 2. The maximum absolute atomic E-state index is 13.7. The van der Waals surface area contributed by atoms with Gasteiger partial charge in [-0.15, -0.1) is 0 Å². The van der Waals surface area contributed by atoms with Crippen molar-refractivity contribution in [2.75, 3.05) is 11.9 Å². The Bertz CT molecular complexity index is 626. The maximum Gasteiger partial charge on any atom is 0.256 e. The van der Waals surface area contributed by atoms with Gasteiger partial charge in [-0.05, 0) is 49.2 Å². The van der Waals surface area contributed by atoms with E-state index in [0.29, 0.717) is 18.5 Å². The molecule has 0 bridgehead atoms. The van der Waals surface area contributed by atoms with Crippen LogP contribution in [-0.4, -0.2) is 12.5 Å². The lowest BCUT2D eigenvalue weighted by Crippen LogP contribution is -2.16. The Kier molecular flexibility index (Phi) is 4.48. The molecule has 0 aliphatic heterocycles. The molecule has 2 rings (SSSR count). The second-order valence-corrected chi connectivity index (χ2v) is 4.63. The third-order valence-electron chi connectivity index (χ3n) is 3.05. The van der Waals surface area contributed by atoms with Crippen molar-refractivity contribution >= 4 is 11.6 Å². The first-order valence-corrected chi connectivity index (χ1v) is 6.47. The summed E-state index contributed by atoms with van der Waals surface area (Å²) in [7, 11) is 0. The van der Waals surface area contributed by atoms with Crippen LogP contribution in [0.5, 0.6) is 0 Å². The number of nitrogens with one attached hydrogen (secondary N) is 1. The summed E-state index contributed by atoms with van der Waals surface area (Å²) in [4.78, 5) is 12.2. The fourth-order valence-electron chi connectivity index (χ4n) is 2.03. The summed E-state index contributed by atoms with van der Waals surface area (Å²) in [6.07, 6.45) is 0.611. The average Bonchev–Trinajstić information content (AvgIpc) is 2.43. The lowest BCUT2D eigenvalue weighted by Gasteiger charge is -2.10. The van der Waals surface area contributed by atoms with Crippen LogP contribution in [0.25, 0.3) is 0 Å². The van der Waals surface area contributed by atoms with Gasteiger partial charge < -0.3 is 11.1 Å². The Labute approximate surface area is 117 Å². The minimum absolute atomic E-state index is 0.183. The molecule has 0 spiro atoms. The summed E-state index contributed by atoms with van der Waals surface area (Å²) in [6.45, 7) is 2.26. The Morgan fingerprint density at radius 3 is 2.70 bits per heavy atom. The van der Waals surface area contributed by atoms with Crippen molar-refractivity contribution in [1.82, 2.24) is 0 Å². The summed E-state index contributed by atoms with van der Waals surface area (Å²) in [6, 6.07) is 11.9. The summed E-state index contributed by atoms with van der Waals surface area (Å²) >= 11 is 0. The van der Waals surface area contributed by atoms with Crippen molar-refractivity contribution in [2.24, 2.45) is 5.73 Å². The predicted octanol–water partition coefficient (Wildman–Crippen LogP) is 2.89. The molecule has 2 aromatic rings. The van der Waals surface area contributed by atoms with Crippen molar-refractivity contribution in [3.63, 3.8) is 0 Å². The van der Waals surface area contributed by atoms with Gasteiger partial charge in [-0.25, -0.2) is 4.39 Å². The number of aryl methyl sites for hydroxylation is 1. The van der Waals surface area contributed by atoms with Crippen molar-refractivity contribution in [1.29, 1.82) is 0 Å². The van der Waals surface area contributed by atoms with Crippen LogP contribution in [0.4, 0.5) is 10.1 Å². The molecule has 104 valence electrons. The molecule has 20 heavy (non-hydrogen) atoms. The Morgan fingerprint density at radius 1 is 1.25 bits per heavy atom. The molecule has 0 saturated heterocycles. The molecule has 2 aromatic carbocycles. The van der Waals surface area contributed by atoms with Gasteiger partial charge in [0, 0.05) is 5.56 Å². The number of halogens is 1. The molecule has 3 nitrogen and oxygen atoms in total. The number of rotatable bonds is 4. The van der Waals surface area contributed by atoms with Crippen LogP contribution >= 0.6 is 0 Å². The number of anilines is 1. The summed E-state index contributed by atoms with van der Waals surface area (Å²) in [5.74, 6) is -0.758. The molecule has 0 aromatic heterocycles. The molecule has 0 atom stereocenters. The molecular weight excluding hydrogens is 255 g/mol. The van der Waals surface area contributed by atoms with Gasteiger partial charge in [-0.3, -0.25) is 4.79 Å². The van der Waals surface area contributed by atoms with E-state index in [1.807, 2.05) is 12.1 Å². The monoisotopic (exact) mass is 272 g/mol. The van der Waals surface area contributed by atoms with Crippen LogP contribution in [0.2, 0.25) is 0 Å². The van der Waals surface area contributed by atoms with E-state index in [0.717, 1.165) is 11.1 Å². The Balaban J connectivity index is 2.24. The minimum Gasteiger partial charge on any atom is -0.330 e. The molecule has 0 aliphatic rings. The minimum atomic E-state index is -0.436. The number of nitrogens with two attached hydrogens (primary N) is 1. The predicted molar refractivity (Wildman–Crippen MR) is 78.3 cm³/mol. The van der Waals surface area contributed by atoms with E-state index in [1.54, 1.807) is 31.2 Å². The first kappa shape index (κ1) is 14.2. The van der Waals surface area contributed by atoms with E-state index < -0.39 is 5.82 Å². The van der Waals surface area contributed by atoms with Crippen LogP contribution in [-0.2, 0) is 6.42 Å². The van der Waals surface area contributed by atoms with Gasteiger partial charge in [-0.2, -0.15) is 0 Å². The topological polar surface area (TPSA) is 55.1 Å². The van der Waals surface area contributed by atoms with Gasteiger partial charge in [0.2, 0.25) is 0 Å². The fraction of sp³-hybridized carbons (Fsp3) is 0.188. The summed E-state index contributed by atoms with van der Waals surface area (Å²) < 4.78 is 13.7. The molecule has 0 unspecified atom stereocenters. The highest BCUT2D eigenvalue weighted by Gasteiger charge is 2.12. The third-order valence-corrected chi connectivity index (χ3v) is 3.05. The highest BCUT2D eigenvalue weighted by molar-refractivity contribution is 6.05. The molecule has 0 saturated carbocycles. The molecule has 0 radical (unpaired) electrons. The van der Waals surface area contributed by atoms with Gasteiger partial charge in [0.05, 0.1) is 5.69 Å². The van der Waals surface area contributed by atoms with Crippen molar-refractivity contribution in [3.8, 4) is 0 Å². The molecule has 0 aliphatic carbocycles. The van der Waals surface area contributed by atoms with E-state index in [9.17, 15) is 9.18 Å². The summed E-state index contributed by atoms with van der Waals surface area (Å²) in [5, 5.41) is 2.60. The van der Waals surface area contributed by atoms with Crippen LogP contribution in [0, 0.1) is 12.7 Å². The van der Waals surface area contributed by atoms with Crippen LogP contribution in [0.3, 0.4) is 0 Å².